The molecule has 2 nitrogen and oxygen atoms in total. The van der Waals surface area contributed by atoms with Crippen LogP contribution in [0.15, 0.2) is 0 Å². The van der Waals surface area contributed by atoms with Crippen LogP contribution in [0.2, 0.25) is 0 Å². The largest absolute Gasteiger partial charge is 0.378 e. The number of ether oxygens (including phenoxy) is 2. The number of rotatable bonds is 3. The van der Waals surface area contributed by atoms with Crippen molar-refractivity contribution in [3.05, 3.63) is 0 Å². The maximum Gasteiger partial charge on any atom is 0.0948 e. The molecule has 78 valence electrons. The van der Waals surface area contributed by atoms with Gasteiger partial charge in [0.05, 0.1) is 23.2 Å². The van der Waals surface area contributed by atoms with E-state index in [2.05, 4.69) is 43.4 Å². The molecule has 2 atom stereocenters. The highest BCUT2D eigenvalue weighted by molar-refractivity contribution is 14.1. The van der Waals surface area contributed by atoms with Gasteiger partial charge in [-0.25, -0.2) is 0 Å². The Morgan fingerprint density at radius 3 is 2.54 bits per heavy atom. The van der Waals surface area contributed by atoms with Crippen molar-refractivity contribution in [3.63, 3.8) is 0 Å². The number of alkyl halides is 1. The first-order valence-electron chi connectivity index (χ1n) is 4.82. The molecule has 1 saturated heterocycles. The second-order valence-electron chi connectivity index (χ2n) is 4.77. The molecule has 1 heterocycles. The first-order chi connectivity index (χ1) is 5.99. The molecule has 0 aromatic rings. The smallest absolute Gasteiger partial charge is 0.0948 e. The van der Waals surface area contributed by atoms with Gasteiger partial charge in [-0.1, -0.05) is 43.4 Å². The Kier molecular flexibility index (Phi) is 4.45. The summed E-state index contributed by atoms with van der Waals surface area (Å²) in [6.07, 6.45) is 1.44. The van der Waals surface area contributed by atoms with Crippen LogP contribution in [0.5, 0.6) is 0 Å². The highest BCUT2D eigenvalue weighted by Crippen LogP contribution is 2.22. The second kappa shape index (κ2) is 4.94. The number of hydrogen-bond donors (Lipinski definition) is 0. The zero-order valence-corrected chi connectivity index (χ0v) is 10.8. The van der Waals surface area contributed by atoms with Gasteiger partial charge in [-0.3, -0.25) is 0 Å². The minimum atomic E-state index is 0.322. The van der Waals surface area contributed by atoms with Crippen LogP contribution in [0.1, 0.15) is 27.2 Å². The SMILES string of the molecule is CC(C)(C)CCOC1COCC1I. The molecule has 0 bridgehead atoms. The molecule has 0 aromatic heterocycles. The molecule has 13 heavy (non-hydrogen) atoms. The lowest BCUT2D eigenvalue weighted by atomic mass is 9.93. The molecule has 0 aliphatic carbocycles. The summed E-state index contributed by atoms with van der Waals surface area (Å²) in [6, 6.07) is 0. The zero-order chi connectivity index (χ0) is 9.90. The molecule has 1 rings (SSSR count). The number of hydrogen-bond acceptors (Lipinski definition) is 2. The van der Waals surface area contributed by atoms with Gasteiger partial charge < -0.3 is 9.47 Å². The van der Waals surface area contributed by atoms with Crippen LogP contribution >= 0.6 is 22.6 Å². The van der Waals surface area contributed by atoms with Gasteiger partial charge in [-0.2, -0.15) is 0 Å². The third-order valence-corrected chi connectivity index (χ3v) is 3.31. The molecule has 0 amide bonds. The molecular formula is C10H19IO2. The minimum absolute atomic E-state index is 0.322. The molecule has 0 saturated carbocycles. The monoisotopic (exact) mass is 298 g/mol. The van der Waals surface area contributed by atoms with Gasteiger partial charge >= 0.3 is 0 Å². The highest BCUT2D eigenvalue weighted by Gasteiger charge is 2.26. The predicted molar refractivity (Wildman–Crippen MR) is 62.4 cm³/mol. The third-order valence-electron chi connectivity index (χ3n) is 2.15. The quantitative estimate of drug-likeness (QED) is 0.589. The Morgan fingerprint density at radius 2 is 2.08 bits per heavy atom. The Balaban J connectivity index is 2.12. The van der Waals surface area contributed by atoms with Crippen molar-refractivity contribution in [2.24, 2.45) is 5.41 Å². The van der Waals surface area contributed by atoms with E-state index in [0.29, 0.717) is 15.4 Å². The summed E-state index contributed by atoms with van der Waals surface area (Å²) in [5.41, 5.74) is 0.375. The summed E-state index contributed by atoms with van der Waals surface area (Å²) in [6.45, 7) is 9.20. The fourth-order valence-electron chi connectivity index (χ4n) is 1.18. The zero-order valence-electron chi connectivity index (χ0n) is 8.68. The molecule has 0 aromatic carbocycles. The van der Waals surface area contributed by atoms with E-state index in [-0.39, 0.29) is 0 Å². The standard InChI is InChI=1S/C10H19IO2/c1-10(2,3)4-5-13-9-7-12-6-8(9)11/h8-9H,4-7H2,1-3H3. The van der Waals surface area contributed by atoms with Crippen LogP contribution < -0.4 is 0 Å². The Hall–Kier alpha value is 0.650. The summed E-state index contributed by atoms with van der Waals surface area (Å²) in [5, 5.41) is 0. The Bertz CT molecular complexity index is 153. The van der Waals surface area contributed by atoms with E-state index in [9.17, 15) is 0 Å². The Morgan fingerprint density at radius 1 is 1.38 bits per heavy atom. The maximum atomic E-state index is 5.76. The van der Waals surface area contributed by atoms with Crippen molar-refractivity contribution in [3.8, 4) is 0 Å². The molecular weight excluding hydrogens is 279 g/mol. The maximum absolute atomic E-state index is 5.76. The molecule has 3 heteroatoms. The molecule has 1 fully saturated rings. The Labute approximate surface area is 94.5 Å². The number of halogens is 1. The van der Waals surface area contributed by atoms with E-state index >= 15 is 0 Å². The van der Waals surface area contributed by atoms with E-state index in [1.165, 1.54) is 0 Å². The van der Waals surface area contributed by atoms with Crippen molar-refractivity contribution in [2.75, 3.05) is 19.8 Å². The average molecular weight is 298 g/mol. The van der Waals surface area contributed by atoms with E-state index in [1.807, 2.05) is 0 Å². The van der Waals surface area contributed by atoms with Gasteiger partial charge in [0.1, 0.15) is 0 Å². The predicted octanol–water partition coefficient (Wildman–Crippen LogP) is 2.64. The first kappa shape index (κ1) is 11.7. The lowest BCUT2D eigenvalue weighted by molar-refractivity contribution is 0.0325. The van der Waals surface area contributed by atoms with Crippen molar-refractivity contribution in [1.29, 1.82) is 0 Å². The summed E-state index contributed by atoms with van der Waals surface area (Å²) in [5.74, 6) is 0. The van der Waals surface area contributed by atoms with Gasteiger partial charge in [-0.05, 0) is 11.8 Å². The van der Waals surface area contributed by atoms with Crippen molar-refractivity contribution < 1.29 is 9.47 Å². The normalized spacial score (nSPS) is 29.5. The first-order valence-corrected chi connectivity index (χ1v) is 6.07. The minimum Gasteiger partial charge on any atom is -0.378 e. The lowest BCUT2D eigenvalue weighted by Gasteiger charge is -2.20. The van der Waals surface area contributed by atoms with E-state index in [4.69, 9.17) is 9.47 Å². The summed E-state index contributed by atoms with van der Waals surface area (Å²) < 4.78 is 11.6. The molecule has 0 radical (unpaired) electrons. The second-order valence-corrected chi connectivity index (χ2v) is 6.37. The topological polar surface area (TPSA) is 18.5 Å². The third kappa shape index (κ3) is 4.61. The van der Waals surface area contributed by atoms with Crippen LogP contribution in [-0.4, -0.2) is 29.8 Å². The highest BCUT2D eigenvalue weighted by atomic mass is 127. The van der Waals surface area contributed by atoms with Crippen LogP contribution in [0.3, 0.4) is 0 Å². The van der Waals surface area contributed by atoms with Crippen molar-refractivity contribution in [1.82, 2.24) is 0 Å². The molecule has 0 N–H and O–H groups in total. The van der Waals surface area contributed by atoms with E-state index < -0.39 is 0 Å². The van der Waals surface area contributed by atoms with Crippen LogP contribution in [0, 0.1) is 5.41 Å². The molecule has 2 unspecified atom stereocenters. The fraction of sp³-hybridized carbons (Fsp3) is 1.00. The van der Waals surface area contributed by atoms with Crippen LogP contribution in [-0.2, 0) is 9.47 Å². The van der Waals surface area contributed by atoms with Gasteiger partial charge in [-0.15, -0.1) is 0 Å². The average Bonchev–Trinajstić information content (AvgIpc) is 2.34. The van der Waals surface area contributed by atoms with Crippen molar-refractivity contribution in [2.45, 2.75) is 37.2 Å². The van der Waals surface area contributed by atoms with Gasteiger partial charge in [0, 0.05) is 6.61 Å². The fourth-order valence-corrected chi connectivity index (χ4v) is 1.85. The summed E-state index contributed by atoms with van der Waals surface area (Å²) >= 11 is 2.40. The van der Waals surface area contributed by atoms with Gasteiger partial charge in [0.15, 0.2) is 0 Å². The van der Waals surface area contributed by atoms with Crippen LogP contribution in [0.4, 0.5) is 0 Å². The van der Waals surface area contributed by atoms with Crippen molar-refractivity contribution >= 4 is 22.6 Å². The van der Waals surface area contributed by atoms with Gasteiger partial charge in [0.25, 0.3) is 0 Å². The van der Waals surface area contributed by atoms with Gasteiger partial charge in [0.2, 0.25) is 0 Å². The molecule has 1 aliphatic heterocycles. The lowest BCUT2D eigenvalue weighted by Crippen LogP contribution is -2.24. The van der Waals surface area contributed by atoms with E-state index in [0.717, 1.165) is 26.2 Å². The molecule has 0 spiro atoms. The van der Waals surface area contributed by atoms with Crippen LogP contribution in [0.25, 0.3) is 0 Å². The molecule has 1 aliphatic rings. The summed E-state index contributed by atoms with van der Waals surface area (Å²) in [7, 11) is 0. The summed E-state index contributed by atoms with van der Waals surface area (Å²) in [4.78, 5) is 0. The van der Waals surface area contributed by atoms with E-state index in [1.54, 1.807) is 0 Å².